The molecule has 3 aromatic carbocycles. The van der Waals surface area contributed by atoms with Crippen molar-refractivity contribution in [3.05, 3.63) is 95.0 Å². The Kier molecular flexibility index (Phi) is 5.77. The molecule has 4 aromatic rings. The number of nitrogens with one attached hydrogen (secondary N) is 1. The largest absolute Gasteiger partial charge is 0.508 e. The average molecular weight is 417 g/mol. The maximum absolute atomic E-state index is 12.3. The number of aromatic nitrogens is 1. The molecule has 1 aromatic heterocycles. The molecule has 1 heterocycles. The Morgan fingerprint density at radius 2 is 1.60 bits per heavy atom. The van der Waals surface area contributed by atoms with Crippen LogP contribution in [0.5, 0.6) is 5.75 Å². The number of hydrogen-bond acceptors (Lipinski definition) is 6. The summed E-state index contributed by atoms with van der Waals surface area (Å²) in [5, 5.41) is 15.3. The van der Waals surface area contributed by atoms with E-state index in [9.17, 15) is 9.90 Å². The second-order valence-corrected chi connectivity index (χ2v) is 7.69. The Morgan fingerprint density at radius 3 is 2.27 bits per heavy atom. The maximum atomic E-state index is 12.3. The minimum absolute atomic E-state index is 0.116. The molecule has 5 nitrogen and oxygen atoms in total. The Hall–Kier alpha value is -3.64. The summed E-state index contributed by atoms with van der Waals surface area (Å²) in [6.45, 7) is 2.16. The predicted octanol–water partition coefficient (Wildman–Crippen LogP) is 5.92. The monoisotopic (exact) mass is 416 g/mol. The Labute approximate surface area is 178 Å². The Bertz CT molecular complexity index is 1130. The van der Waals surface area contributed by atoms with Crippen molar-refractivity contribution < 1.29 is 14.6 Å². The summed E-state index contributed by atoms with van der Waals surface area (Å²) < 4.78 is 5.40. The average Bonchev–Trinajstić information content (AvgIpc) is 3.22. The molecule has 4 rings (SSSR count). The van der Waals surface area contributed by atoms with Gasteiger partial charge in [-0.05, 0) is 54.4 Å². The summed E-state index contributed by atoms with van der Waals surface area (Å²) >= 11 is 1.47. The smallest absolute Gasteiger partial charge is 0.338 e. The van der Waals surface area contributed by atoms with Crippen molar-refractivity contribution in [3.63, 3.8) is 0 Å². The van der Waals surface area contributed by atoms with Gasteiger partial charge in [-0.3, -0.25) is 0 Å². The molecule has 0 aliphatic heterocycles. The molecule has 0 atom stereocenters. The normalized spacial score (nSPS) is 10.6. The van der Waals surface area contributed by atoms with E-state index in [-0.39, 0.29) is 12.4 Å². The lowest BCUT2D eigenvalue weighted by Gasteiger charge is -2.06. The zero-order chi connectivity index (χ0) is 20.9. The number of rotatable bonds is 6. The van der Waals surface area contributed by atoms with Crippen LogP contribution in [0.15, 0.2) is 78.2 Å². The summed E-state index contributed by atoms with van der Waals surface area (Å²) in [6.07, 6.45) is 0. The molecule has 0 aliphatic carbocycles. The van der Waals surface area contributed by atoms with Gasteiger partial charge < -0.3 is 15.2 Å². The van der Waals surface area contributed by atoms with Crippen molar-refractivity contribution in [1.82, 2.24) is 4.98 Å². The van der Waals surface area contributed by atoms with Gasteiger partial charge in [0.05, 0.1) is 11.3 Å². The highest BCUT2D eigenvalue weighted by molar-refractivity contribution is 7.13. The number of esters is 1. The fourth-order valence-electron chi connectivity index (χ4n) is 2.87. The predicted molar refractivity (Wildman–Crippen MR) is 119 cm³/mol. The zero-order valence-corrected chi connectivity index (χ0v) is 17.1. The van der Waals surface area contributed by atoms with E-state index in [1.807, 2.05) is 60.8 Å². The third-order valence-corrected chi connectivity index (χ3v) is 5.33. The third kappa shape index (κ3) is 4.85. The van der Waals surface area contributed by atoms with E-state index in [0.717, 1.165) is 21.9 Å². The van der Waals surface area contributed by atoms with Gasteiger partial charge in [0.2, 0.25) is 0 Å². The summed E-state index contributed by atoms with van der Waals surface area (Å²) in [5.41, 5.74) is 5.26. The zero-order valence-electron chi connectivity index (χ0n) is 16.3. The molecule has 150 valence electrons. The van der Waals surface area contributed by atoms with Crippen LogP contribution < -0.4 is 5.32 Å². The van der Waals surface area contributed by atoms with Gasteiger partial charge in [-0.25, -0.2) is 9.78 Å². The Balaban J connectivity index is 1.34. The van der Waals surface area contributed by atoms with Crippen molar-refractivity contribution in [1.29, 1.82) is 0 Å². The van der Waals surface area contributed by atoms with E-state index in [4.69, 9.17) is 4.74 Å². The molecule has 0 radical (unpaired) electrons. The number of thiazole rings is 1. The fraction of sp³-hybridized carbons (Fsp3) is 0.0833. The maximum Gasteiger partial charge on any atom is 0.338 e. The van der Waals surface area contributed by atoms with E-state index >= 15 is 0 Å². The molecule has 2 N–H and O–H groups in total. The quantitative estimate of drug-likeness (QED) is 0.382. The lowest BCUT2D eigenvalue weighted by atomic mass is 10.0. The second-order valence-electron chi connectivity index (χ2n) is 6.84. The van der Waals surface area contributed by atoms with Crippen LogP contribution in [0.4, 0.5) is 10.8 Å². The summed E-state index contributed by atoms with van der Waals surface area (Å²) in [6, 6.07) is 22.2. The minimum atomic E-state index is -0.395. The van der Waals surface area contributed by atoms with Crippen molar-refractivity contribution in [2.45, 2.75) is 13.5 Å². The van der Waals surface area contributed by atoms with E-state index in [2.05, 4.69) is 10.3 Å². The van der Waals surface area contributed by atoms with Gasteiger partial charge in [0.25, 0.3) is 0 Å². The van der Waals surface area contributed by atoms with Crippen LogP contribution in [-0.2, 0) is 11.3 Å². The van der Waals surface area contributed by atoms with Gasteiger partial charge in [0, 0.05) is 11.1 Å². The molecule has 0 saturated heterocycles. The summed E-state index contributed by atoms with van der Waals surface area (Å²) in [5.74, 6) is -0.175. The van der Waals surface area contributed by atoms with Gasteiger partial charge in [-0.2, -0.15) is 0 Å². The molecule has 30 heavy (non-hydrogen) atoms. The summed E-state index contributed by atoms with van der Waals surface area (Å²) in [7, 11) is 0. The number of nitrogens with zero attached hydrogens (tertiary/aromatic N) is 1. The lowest BCUT2D eigenvalue weighted by Crippen LogP contribution is -2.05. The number of benzene rings is 3. The third-order valence-electron chi connectivity index (χ3n) is 4.53. The number of carbonyl (C=O) groups excluding carboxylic acids is 1. The first kappa shape index (κ1) is 19.7. The molecule has 0 unspecified atom stereocenters. The SMILES string of the molecule is Cc1ccc(Nc2nc(COC(=O)c3ccc(-c4ccc(O)cc4)cc3)cs2)cc1. The topological polar surface area (TPSA) is 71.5 Å². The highest BCUT2D eigenvalue weighted by Crippen LogP contribution is 2.24. The van der Waals surface area contributed by atoms with Crippen LogP contribution in [0.25, 0.3) is 11.1 Å². The molecule has 0 aliphatic rings. The molecular formula is C24H20N2O3S. The van der Waals surface area contributed by atoms with Crippen LogP contribution >= 0.6 is 11.3 Å². The lowest BCUT2D eigenvalue weighted by molar-refractivity contribution is 0.0468. The first-order chi connectivity index (χ1) is 14.6. The number of ether oxygens (including phenoxy) is 1. The molecule has 0 amide bonds. The molecular weight excluding hydrogens is 396 g/mol. The molecule has 0 fully saturated rings. The molecule has 0 spiro atoms. The number of carbonyl (C=O) groups is 1. The number of aryl methyl sites for hydroxylation is 1. The molecule has 6 heteroatoms. The van der Waals surface area contributed by atoms with Gasteiger partial charge in [-0.1, -0.05) is 42.0 Å². The number of phenolic OH excluding ortho intramolecular Hbond substituents is 1. The highest BCUT2D eigenvalue weighted by atomic mass is 32.1. The van der Waals surface area contributed by atoms with E-state index in [1.165, 1.54) is 16.9 Å². The highest BCUT2D eigenvalue weighted by Gasteiger charge is 2.10. The van der Waals surface area contributed by atoms with Crippen molar-refractivity contribution in [2.24, 2.45) is 0 Å². The van der Waals surface area contributed by atoms with E-state index in [0.29, 0.717) is 11.3 Å². The number of anilines is 2. The van der Waals surface area contributed by atoms with E-state index in [1.54, 1.807) is 24.3 Å². The number of phenols is 1. The minimum Gasteiger partial charge on any atom is -0.508 e. The first-order valence-electron chi connectivity index (χ1n) is 9.41. The van der Waals surface area contributed by atoms with E-state index < -0.39 is 5.97 Å². The molecule has 0 saturated carbocycles. The van der Waals surface area contributed by atoms with Gasteiger partial charge in [0.1, 0.15) is 12.4 Å². The van der Waals surface area contributed by atoms with Crippen LogP contribution in [0, 0.1) is 6.92 Å². The number of hydrogen-bond donors (Lipinski definition) is 2. The first-order valence-corrected chi connectivity index (χ1v) is 10.3. The van der Waals surface area contributed by atoms with Gasteiger partial charge in [0.15, 0.2) is 5.13 Å². The van der Waals surface area contributed by atoms with Crippen LogP contribution in [-0.4, -0.2) is 16.1 Å². The van der Waals surface area contributed by atoms with Gasteiger partial charge >= 0.3 is 5.97 Å². The fourth-order valence-corrected chi connectivity index (χ4v) is 3.58. The van der Waals surface area contributed by atoms with Crippen molar-refractivity contribution >= 4 is 28.1 Å². The summed E-state index contributed by atoms with van der Waals surface area (Å²) in [4.78, 5) is 16.8. The standard InChI is InChI=1S/C24H20N2O3S/c1-16-2-10-20(11-3-16)25-24-26-21(15-30-24)14-29-23(28)19-6-4-17(5-7-19)18-8-12-22(27)13-9-18/h2-13,15,27H,14H2,1H3,(H,25,26). The van der Waals surface area contributed by atoms with Gasteiger partial charge in [-0.15, -0.1) is 11.3 Å². The van der Waals surface area contributed by atoms with Crippen LogP contribution in [0.1, 0.15) is 21.6 Å². The van der Waals surface area contributed by atoms with Crippen molar-refractivity contribution in [2.75, 3.05) is 5.32 Å². The number of aromatic hydroxyl groups is 1. The van der Waals surface area contributed by atoms with Crippen LogP contribution in [0.3, 0.4) is 0 Å². The van der Waals surface area contributed by atoms with Crippen molar-refractivity contribution in [3.8, 4) is 16.9 Å². The molecule has 0 bridgehead atoms. The Morgan fingerprint density at radius 1 is 0.967 bits per heavy atom. The van der Waals surface area contributed by atoms with Crippen LogP contribution in [0.2, 0.25) is 0 Å². The second kappa shape index (κ2) is 8.80.